The Kier molecular flexibility index (Phi) is 4.99. The summed E-state index contributed by atoms with van der Waals surface area (Å²) in [4.78, 5) is 1.13. The van der Waals surface area contributed by atoms with Crippen molar-refractivity contribution in [3.63, 3.8) is 0 Å². The summed E-state index contributed by atoms with van der Waals surface area (Å²) >= 11 is 1.42. The van der Waals surface area contributed by atoms with E-state index in [1.165, 1.54) is 23.7 Å². The number of benzene rings is 1. The van der Waals surface area contributed by atoms with E-state index >= 15 is 0 Å². The minimum absolute atomic E-state index is 0.0483. The average Bonchev–Trinajstić information content (AvgIpc) is 2.86. The predicted molar refractivity (Wildman–Crippen MR) is 75.8 cm³/mol. The minimum atomic E-state index is -0.213. The highest BCUT2D eigenvalue weighted by molar-refractivity contribution is 7.05. The molecule has 0 aliphatic carbocycles. The van der Waals surface area contributed by atoms with Gasteiger partial charge < -0.3 is 5.32 Å². The van der Waals surface area contributed by atoms with Crippen LogP contribution >= 0.6 is 11.5 Å². The van der Waals surface area contributed by atoms with Gasteiger partial charge in [0.2, 0.25) is 0 Å². The molecule has 0 bridgehead atoms. The molecule has 0 aliphatic heterocycles. The Morgan fingerprint density at radius 1 is 1.26 bits per heavy atom. The van der Waals surface area contributed by atoms with Gasteiger partial charge in [0, 0.05) is 0 Å². The van der Waals surface area contributed by atoms with Crippen LogP contribution < -0.4 is 5.32 Å². The molecule has 0 saturated carbocycles. The third kappa shape index (κ3) is 3.36. The van der Waals surface area contributed by atoms with Crippen LogP contribution in [-0.4, -0.2) is 16.1 Å². The summed E-state index contributed by atoms with van der Waals surface area (Å²) in [7, 11) is 0. The zero-order valence-electron chi connectivity index (χ0n) is 11.2. The van der Waals surface area contributed by atoms with Gasteiger partial charge in [0.1, 0.15) is 5.82 Å². The smallest absolute Gasteiger partial charge is 0.123 e. The fourth-order valence-electron chi connectivity index (χ4n) is 2.07. The molecule has 0 radical (unpaired) electrons. The van der Waals surface area contributed by atoms with Crippen LogP contribution in [0.4, 0.5) is 4.39 Å². The molecule has 2 aromatic rings. The van der Waals surface area contributed by atoms with Crippen molar-refractivity contribution < 1.29 is 4.39 Å². The zero-order chi connectivity index (χ0) is 13.7. The predicted octanol–water partition coefficient (Wildman–Crippen LogP) is 3.33. The van der Waals surface area contributed by atoms with Crippen molar-refractivity contribution in [1.29, 1.82) is 0 Å². The van der Waals surface area contributed by atoms with Crippen LogP contribution in [0.3, 0.4) is 0 Å². The van der Waals surface area contributed by atoms with E-state index in [0.717, 1.165) is 35.5 Å². The van der Waals surface area contributed by atoms with E-state index in [1.54, 1.807) is 0 Å². The lowest BCUT2D eigenvalue weighted by Crippen LogP contribution is -2.22. The van der Waals surface area contributed by atoms with Crippen molar-refractivity contribution in [3.8, 4) is 0 Å². The standard InChI is InChI=1S/C14H18FN3S/c1-3-5-12-14(19-18-17-12)13(16-4-2)10-6-8-11(15)9-7-10/h6-9,13,16H,3-5H2,1-2H3. The van der Waals surface area contributed by atoms with Crippen LogP contribution in [0.25, 0.3) is 0 Å². The molecule has 2 rings (SSSR count). The molecule has 102 valence electrons. The maximum atomic E-state index is 13.0. The number of hydrogen-bond donors (Lipinski definition) is 1. The molecule has 3 nitrogen and oxygen atoms in total. The quantitative estimate of drug-likeness (QED) is 0.881. The molecule has 0 saturated heterocycles. The normalized spacial score (nSPS) is 12.6. The molecular formula is C14H18FN3S. The Hall–Kier alpha value is -1.33. The van der Waals surface area contributed by atoms with Crippen molar-refractivity contribution in [2.45, 2.75) is 32.7 Å². The first-order valence-corrected chi connectivity index (χ1v) is 7.33. The number of rotatable bonds is 6. The summed E-state index contributed by atoms with van der Waals surface area (Å²) in [5.41, 5.74) is 2.09. The fraction of sp³-hybridized carbons (Fsp3) is 0.429. The van der Waals surface area contributed by atoms with Crippen LogP contribution in [0.1, 0.15) is 42.4 Å². The first kappa shape index (κ1) is 14.1. The highest BCUT2D eigenvalue weighted by atomic mass is 32.1. The van der Waals surface area contributed by atoms with E-state index in [9.17, 15) is 4.39 Å². The summed E-state index contributed by atoms with van der Waals surface area (Å²) in [6.45, 7) is 5.03. The van der Waals surface area contributed by atoms with E-state index < -0.39 is 0 Å². The lowest BCUT2D eigenvalue weighted by atomic mass is 10.0. The van der Waals surface area contributed by atoms with Crippen molar-refractivity contribution in [1.82, 2.24) is 14.9 Å². The van der Waals surface area contributed by atoms with Gasteiger partial charge in [-0.2, -0.15) is 0 Å². The van der Waals surface area contributed by atoms with Gasteiger partial charge in [0.15, 0.2) is 0 Å². The SMILES string of the molecule is CCCc1nnsc1C(NCC)c1ccc(F)cc1. The molecule has 1 aromatic heterocycles. The van der Waals surface area contributed by atoms with Gasteiger partial charge in [-0.25, -0.2) is 4.39 Å². The van der Waals surface area contributed by atoms with E-state index in [1.807, 2.05) is 12.1 Å². The van der Waals surface area contributed by atoms with Gasteiger partial charge in [0.05, 0.1) is 16.6 Å². The summed E-state index contributed by atoms with van der Waals surface area (Å²) in [6.07, 6.45) is 1.97. The number of aryl methyl sites for hydroxylation is 1. The van der Waals surface area contributed by atoms with Crippen LogP contribution in [-0.2, 0) is 6.42 Å². The molecule has 0 amide bonds. The minimum Gasteiger partial charge on any atom is -0.306 e. The maximum absolute atomic E-state index is 13.0. The van der Waals surface area contributed by atoms with Crippen molar-refractivity contribution in [3.05, 3.63) is 46.2 Å². The molecular weight excluding hydrogens is 261 g/mol. The topological polar surface area (TPSA) is 37.8 Å². The Labute approximate surface area is 117 Å². The molecule has 0 aliphatic rings. The second-order valence-corrected chi connectivity index (χ2v) is 5.16. The number of halogens is 1. The van der Waals surface area contributed by atoms with Gasteiger partial charge in [0.25, 0.3) is 0 Å². The largest absolute Gasteiger partial charge is 0.306 e. The van der Waals surface area contributed by atoms with Crippen LogP contribution in [0.5, 0.6) is 0 Å². The third-order valence-electron chi connectivity index (χ3n) is 2.95. The summed E-state index contributed by atoms with van der Waals surface area (Å²) in [6, 6.07) is 6.67. The Bertz CT molecular complexity index is 510. The summed E-state index contributed by atoms with van der Waals surface area (Å²) < 4.78 is 17.1. The van der Waals surface area contributed by atoms with E-state index in [4.69, 9.17) is 0 Å². The fourth-order valence-corrected chi connectivity index (χ4v) is 2.87. The van der Waals surface area contributed by atoms with Gasteiger partial charge in [-0.1, -0.05) is 36.9 Å². The van der Waals surface area contributed by atoms with Crippen LogP contribution in [0.2, 0.25) is 0 Å². The number of nitrogens with one attached hydrogen (secondary N) is 1. The van der Waals surface area contributed by atoms with Crippen molar-refractivity contribution >= 4 is 11.5 Å². The van der Waals surface area contributed by atoms with Gasteiger partial charge in [-0.05, 0) is 42.2 Å². The molecule has 5 heteroatoms. The second-order valence-electron chi connectivity index (χ2n) is 4.38. The average molecular weight is 279 g/mol. The molecule has 1 atom stereocenters. The number of nitrogens with zero attached hydrogens (tertiary/aromatic N) is 2. The lowest BCUT2D eigenvalue weighted by Gasteiger charge is -2.17. The lowest BCUT2D eigenvalue weighted by molar-refractivity contribution is 0.614. The van der Waals surface area contributed by atoms with Gasteiger partial charge >= 0.3 is 0 Å². The van der Waals surface area contributed by atoms with Gasteiger partial charge in [-0.15, -0.1) is 5.10 Å². The molecule has 19 heavy (non-hydrogen) atoms. The third-order valence-corrected chi connectivity index (χ3v) is 3.78. The molecule has 1 aromatic carbocycles. The Morgan fingerprint density at radius 3 is 2.63 bits per heavy atom. The van der Waals surface area contributed by atoms with E-state index in [-0.39, 0.29) is 11.9 Å². The van der Waals surface area contributed by atoms with Crippen LogP contribution in [0.15, 0.2) is 24.3 Å². The first-order valence-electron chi connectivity index (χ1n) is 6.56. The monoisotopic (exact) mass is 279 g/mol. The molecule has 0 spiro atoms. The molecule has 1 N–H and O–H groups in total. The maximum Gasteiger partial charge on any atom is 0.123 e. The second kappa shape index (κ2) is 6.73. The highest BCUT2D eigenvalue weighted by Gasteiger charge is 2.19. The Balaban J connectivity index is 2.33. The van der Waals surface area contributed by atoms with E-state index in [2.05, 4.69) is 28.8 Å². The number of hydrogen-bond acceptors (Lipinski definition) is 4. The first-order chi connectivity index (χ1) is 9.26. The number of aromatic nitrogens is 2. The summed E-state index contributed by atoms with van der Waals surface area (Å²) in [5, 5.41) is 7.63. The zero-order valence-corrected chi connectivity index (χ0v) is 12.0. The Morgan fingerprint density at radius 2 is 2.00 bits per heavy atom. The summed E-state index contributed by atoms with van der Waals surface area (Å²) in [5.74, 6) is -0.213. The molecule has 0 fully saturated rings. The van der Waals surface area contributed by atoms with Crippen molar-refractivity contribution in [2.24, 2.45) is 0 Å². The van der Waals surface area contributed by atoms with Gasteiger partial charge in [-0.3, -0.25) is 0 Å². The molecule has 1 unspecified atom stereocenters. The van der Waals surface area contributed by atoms with Crippen LogP contribution in [0, 0.1) is 5.82 Å². The molecule has 1 heterocycles. The highest BCUT2D eigenvalue weighted by Crippen LogP contribution is 2.27. The van der Waals surface area contributed by atoms with Crippen molar-refractivity contribution in [2.75, 3.05) is 6.54 Å². The van der Waals surface area contributed by atoms with E-state index in [0.29, 0.717) is 0 Å².